The van der Waals surface area contributed by atoms with Gasteiger partial charge in [0.1, 0.15) is 5.82 Å². The summed E-state index contributed by atoms with van der Waals surface area (Å²) >= 11 is 6.07. The van der Waals surface area contributed by atoms with E-state index in [-0.39, 0.29) is 6.61 Å². The summed E-state index contributed by atoms with van der Waals surface area (Å²) < 4.78 is 1.88. The van der Waals surface area contributed by atoms with Crippen LogP contribution in [0.3, 0.4) is 0 Å². The Morgan fingerprint density at radius 1 is 1.33 bits per heavy atom. The molecule has 1 aromatic carbocycles. The van der Waals surface area contributed by atoms with Gasteiger partial charge < -0.3 is 9.67 Å². The molecule has 2 aromatic rings. The molecule has 0 fully saturated rings. The van der Waals surface area contributed by atoms with Gasteiger partial charge in [0.15, 0.2) is 0 Å². The Hall–Kier alpha value is -1.32. The van der Waals surface area contributed by atoms with Crippen LogP contribution in [0.4, 0.5) is 0 Å². The molecule has 0 aliphatic carbocycles. The first-order chi connectivity index (χ1) is 7.33. The summed E-state index contributed by atoms with van der Waals surface area (Å²) in [6.45, 7) is 0.619. The summed E-state index contributed by atoms with van der Waals surface area (Å²) in [5.41, 5.74) is 0.887. The highest BCUT2D eigenvalue weighted by Gasteiger charge is 2.08. The van der Waals surface area contributed by atoms with Crippen LogP contribution >= 0.6 is 11.6 Å². The van der Waals surface area contributed by atoms with E-state index in [4.69, 9.17) is 16.7 Å². The van der Waals surface area contributed by atoms with Crippen molar-refractivity contribution >= 4 is 11.6 Å². The smallest absolute Gasteiger partial charge is 0.141 e. The van der Waals surface area contributed by atoms with Crippen molar-refractivity contribution in [3.63, 3.8) is 0 Å². The Bertz CT molecular complexity index is 453. The minimum absolute atomic E-state index is 0.0911. The molecule has 1 N–H and O–H groups in total. The van der Waals surface area contributed by atoms with E-state index in [0.717, 1.165) is 11.4 Å². The molecule has 2 rings (SSSR count). The van der Waals surface area contributed by atoms with Gasteiger partial charge in [0.25, 0.3) is 0 Å². The van der Waals surface area contributed by atoms with E-state index in [0.29, 0.717) is 11.6 Å². The van der Waals surface area contributed by atoms with Crippen LogP contribution in [0.1, 0.15) is 0 Å². The maximum atomic E-state index is 8.90. The number of aliphatic hydroxyl groups excluding tert-OH is 1. The van der Waals surface area contributed by atoms with Gasteiger partial charge in [-0.2, -0.15) is 0 Å². The van der Waals surface area contributed by atoms with Crippen molar-refractivity contribution in [3.05, 3.63) is 41.7 Å². The quantitative estimate of drug-likeness (QED) is 0.865. The average Bonchev–Trinajstić information content (AvgIpc) is 2.67. The summed E-state index contributed by atoms with van der Waals surface area (Å²) in [5, 5.41) is 9.57. The van der Waals surface area contributed by atoms with Gasteiger partial charge in [-0.3, -0.25) is 0 Å². The van der Waals surface area contributed by atoms with Crippen LogP contribution in [0.25, 0.3) is 11.4 Å². The lowest BCUT2D eigenvalue weighted by Gasteiger charge is -2.06. The van der Waals surface area contributed by atoms with Crippen molar-refractivity contribution in [2.75, 3.05) is 6.61 Å². The second-order valence-corrected chi connectivity index (χ2v) is 3.55. The van der Waals surface area contributed by atoms with E-state index in [2.05, 4.69) is 4.98 Å². The number of aliphatic hydroxyl groups is 1. The number of benzene rings is 1. The molecular weight excluding hydrogens is 212 g/mol. The minimum atomic E-state index is 0.0911. The van der Waals surface area contributed by atoms with Crippen molar-refractivity contribution < 1.29 is 5.11 Å². The number of halogens is 1. The largest absolute Gasteiger partial charge is 0.395 e. The first-order valence-corrected chi connectivity index (χ1v) is 5.07. The molecule has 15 heavy (non-hydrogen) atoms. The fourth-order valence-corrected chi connectivity index (χ4v) is 1.70. The van der Waals surface area contributed by atoms with E-state index >= 15 is 0 Å². The maximum Gasteiger partial charge on any atom is 0.141 e. The van der Waals surface area contributed by atoms with E-state index in [1.807, 2.05) is 35.0 Å². The zero-order valence-electron chi connectivity index (χ0n) is 8.10. The number of hydrogen-bond donors (Lipinski definition) is 1. The molecule has 0 atom stereocenters. The molecule has 0 spiro atoms. The Morgan fingerprint density at radius 3 is 2.87 bits per heavy atom. The van der Waals surface area contributed by atoms with Gasteiger partial charge >= 0.3 is 0 Å². The van der Waals surface area contributed by atoms with Crippen LogP contribution in [0.15, 0.2) is 36.7 Å². The Balaban J connectivity index is 2.45. The first kappa shape index (κ1) is 10.2. The topological polar surface area (TPSA) is 38.0 Å². The Kier molecular flexibility index (Phi) is 3.04. The first-order valence-electron chi connectivity index (χ1n) is 4.70. The summed E-state index contributed by atoms with van der Waals surface area (Å²) in [6.07, 6.45) is 3.53. The lowest BCUT2D eigenvalue weighted by molar-refractivity contribution is 0.276. The normalized spacial score (nSPS) is 10.5. The second-order valence-electron chi connectivity index (χ2n) is 3.15. The van der Waals surface area contributed by atoms with Crippen LogP contribution in [0.2, 0.25) is 5.02 Å². The van der Waals surface area contributed by atoms with Gasteiger partial charge in [-0.25, -0.2) is 4.98 Å². The van der Waals surface area contributed by atoms with Gasteiger partial charge in [-0.1, -0.05) is 23.7 Å². The molecule has 0 amide bonds. The van der Waals surface area contributed by atoms with Crippen LogP contribution in [0, 0.1) is 0 Å². The molecule has 0 saturated heterocycles. The second kappa shape index (κ2) is 4.47. The van der Waals surface area contributed by atoms with Crippen LogP contribution in [-0.2, 0) is 6.54 Å². The number of nitrogens with zero attached hydrogens (tertiary/aromatic N) is 2. The molecule has 1 aromatic heterocycles. The van der Waals surface area contributed by atoms with E-state index in [1.165, 1.54) is 0 Å². The third kappa shape index (κ3) is 2.03. The van der Waals surface area contributed by atoms with E-state index in [1.54, 1.807) is 6.20 Å². The predicted molar refractivity (Wildman–Crippen MR) is 59.8 cm³/mol. The third-order valence-corrected chi connectivity index (χ3v) is 2.50. The summed E-state index contributed by atoms with van der Waals surface area (Å²) in [6, 6.07) is 7.54. The van der Waals surface area contributed by atoms with Gasteiger partial charge in [-0.05, 0) is 12.1 Å². The van der Waals surface area contributed by atoms with E-state index < -0.39 is 0 Å². The molecule has 0 bridgehead atoms. The molecule has 0 aliphatic rings. The molecule has 3 nitrogen and oxygen atoms in total. The van der Waals surface area contributed by atoms with Crippen LogP contribution < -0.4 is 0 Å². The van der Waals surface area contributed by atoms with Gasteiger partial charge in [0.05, 0.1) is 11.6 Å². The highest BCUT2D eigenvalue weighted by molar-refractivity contribution is 6.33. The number of rotatable bonds is 3. The van der Waals surface area contributed by atoms with Gasteiger partial charge in [0, 0.05) is 24.5 Å². The third-order valence-electron chi connectivity index (χ3n) is 2.17. The Morgan fingerprint density at radius 2 is 2.13 bits per heavy atom. The lowest BCUT2D eigenvalue weighted by Crippen LogP contribution is -2.03. The van der Waals surface area contributed by atoms with Crippen LogP contribution in [0.5, 0.6) is 0 Å². The fourth-order valence-electron chi connectivity index (χ4n) is 1.48. The Labute approximate surface area is 93.0 Å². The summed E-state index contributed by atoms with van der Waals surface area (Å²) in [5.74, 6) is 0.787. The van der Waals surface area contributed by atoms with Crippen molar-refractivity contribution in [1.82, 2.24) is 9.55 Å². The standard InChI is InChI=1S/C11H11ClN2O/c12-10-4-2-1-3-9(10)11-13-5-6-14(11)7-8-15/h1-6,15H,7-8H2. The van der Waals surface area contributed by atoms with E-state index in [9.17, 15) is 0 Å². The van der Waals surface area contributed by atoms with Crippen molar-refractivity contribution in [1.29, 1.82) is 0 Å². The molecule has 0 unspecified atom stereocenters. The highest BCUT2D eigenvalue weighted by Crippen LogP contribution is 2.25. The zero-order chi connectivity index (χ0) is 10.7. The summed E-state index contributed by atoms with van der Waals surface area (Å²) in [4.78, 5) is 4.23. The fraction of sp³-hybridized carbons (Fsp3) is 0.182. The molecule has 0 saturated carbocycles. The highest BCUT2D eigenvalue weighted by atomic mass is 35.5. The van der Waals surface area contributed by atoms with Crippen LogP contribution in [-0.4, -0.2) is 21.3 Å². The predicted octanol–water partition coefficient (Wildman–Crippen LogP) is 2.20. The molecule has 4 heteroatoms. The van der Waals surface area contributed by atoms with Crippen molar-refractivity contribution in [3.8, 4) is 11.4 Å². The van der Waals surface area contributed by atoms with Gasteiger partial charge in [0.2, 0.25) is 0 Å². The number of aromatic nitrogens is 2. The SMILES string of the molecule is OCCn1ccnc1-c1ccccc1Cl. The zero-order valence-corrected chi connectivity index (χ0v) is 8.85. The monoisotopic (exact) mass is 222 g/mol. The molecule has 1 heterocycles. The lowest BCUT2D eigenvalue weighted by atomic mass is 10.2. The molecule has 0 radical (unpaired) electrons. The molecule has 78 valence electrons. The van der Waals surface area contributed by atoms with Gasteiger partial charge in [-0.15, -0.1) is 0 Å². The average molecular weight is 223 g/mol. The number of imidazole rings is 1. The molecular formula is C11H11ClN2O. The molecule has 0 aliphatic heterocycles. The van der Waals surface area contributed by atoms with Crippen molar-refractivity contribution in [2.24, 2.45) is 0 Å². The minimum Gasteiger partial charge on any atom is -0.395 e. The summed E-state index contributed by atoms with van der Waals surface area (Å²) in [7, 11) is 0. The maximum absolute atomic E-state index is 8.90. The number of hydrogen-bond acceptors (Lipinski definition) is 2. The van der Waals surface area contributed by atoms with Crippen molar-refractivity contribution in [2.45, 2.75) is 6.54 Å².